The molecule has 2 unspecified atom stereocenters. The van der Waals surface area contributed by atoms with Crippen molar-refractivity contribution in [3.05, 3.63) is 34.9 Å². The van der Waals surface area contributed by atoms with E-state index in [1.54, 1.807) is 24.3 Å². The van der Waals surface area contributed by atoms with Crippen LogP contribution in [0.15, 0.2) is 24.3 Å². The third-order valence-corrected chi connectivity index (χ3v) is 3.36. The normalized spacial score (nSPS) is 23.1. The number of benzene rings is 1. The number of halogens is 1. The summed E-state index contributed by atoms with van der Waals surface area (Å²) in [6.07, 6.45) is 2.77. The zero-order valence-electron chi connectivity index (χ0n) is 9.32. The molecule has 1 aliphatic rings. The van der Waals surface area contributed by atoms with Crippen LogP contribution in [0.2, 0.25) is 5.02 Å². The van der Waals surface area contributed by atoms with Gasteiger partial charge in [0.05, 0.1) is 12.0 Å². The van der Waals surface area contributed by atoms with Gasteiger partial charge in [0.25, 0.3) is 5.91 Å². The minimum absolute atomic E-state index is 0.0109. The van der Waals surface area contributed by atoms with Crippen molar-refractivity contribution in [1.29, 1.82) is 5.26 Å². The highest BCUT2D eigenvalue weighted by molar-refractivity contribution is 6.30. The van der Waals surface area contributed by atoms with Gasteiger partial charge in [0.2, 0.25) is 0 Å². The van der Waals surface area contributed by atoms with Gasteiger partial charge in [-0.25, -0.2) is 0 Å². The molecule has 88 valence electrons. The maximum absolute atomic E-state index is 11.9. The second-order valence-corrected chi connectivity index (χ2v) is 4.69. The average molecular weight is 249 g/mol. The van der Waals surface area contributed by atoms with Gasteiger partial charge in [-0.3, -0.25) is 4.79 Å². The van der Waals surface area contributed by atoms with Crippen molar-refractivity contribution >= 4 is 17.5 Å². The second-order valence-electron chi connectivity index (χ2n) is 4.25. The molecule has 0 aliphatic heterocycles. The first kappa shape index (κ1) is 11.9. The van der Waals surface area contributed by atoms with Gasteiger partial charge in [0, 0.05) is 16.6 Å². The van der Waals surface area contributed by atoms with Crippen LogP contribution in [-0.2, 0) is 0 Å². The third kappa shape index (κ3) is 2.78. The fourth-order valence-corrected chi connectivity index (χ4v) is 2.27. The van der Waals surface area contributed by atoms with E-state index in [0.717, 1.165) is 19.3 Å². The molecule has 1 N–H and O–H groups in total. The minimum atomic E-state index is -0.131. The van der Waals surface area contributed by atoms with Crippen LogP contribution in [0.5, 0.6) is 0 Å². The van der Waals surface area contributed by atoms with E-state index in [9.17, 15) is 4.79 Å². The molecule has 17 heavy (non-hydrogen) atoms. The van der Waals surface area contributed by atoms with E-state index >= 15 is 0 Å². The fraction of sp³-hybridized carbons (Fsp3) is 0.385. The third-order valence-electron chi connectivity index (χ3n) is 3.10. The van der Waals surface area contributed by atoms with Gasteiger partial charge < -0.3 is 5.32 Å². The van der Waals surface area contributed by atoms with Crippen LogP contribution in [0.4, 0.5) is 0 Å². The summed E-state index contributed by atoms with van der Waals surface area (Å²) in [6, 6.07) is 8.98. The molecular weight excluding hydrogens is 236 g/mol. The Morgan fingerprint density at radius 3 is 2.71 bits per heavy atom. The summed E-state index contributed by atoms with van der Waals surface area (Å²) in [5.74, 6) is -0.180. The van der Waals surface area contributed by atoms with Gasteiger partial charge in [-0.1, -0.05) is 11.6 Å². The number of hydrogen-bond donors (Lipinski definition) is 1. The summed E-state index contributed by atoms with van der Waals surface area (Å²) < 4.78 is 0. The van der Waals surface area contributed by atoms with E-state index in [1.165, 1.54) is 0 Å². The number of nitriles is 1. The molecule has 0 aromatic heterocycles. The second kappa shape index (κ2) is 5.20. The summed E-state index contributed by atoms with van der Waals surface area (Å²) in [5, 5.41) is 12.5. The molecule has 2 rings (SSSR count). The Morgan fingerprint density at radius 1 is 1.35 bits per heavy atom. The molecule has 0 spiro atoms. The maximum Gasteiger partial charge on any atom is 0.251 e. The molecule has 1 fully saturated rings. The Balaban J connectivity index is 2.02. The number of carbonyl (C=O) groups is 1. The lowest BCUT2D eigenvalue weighted by Crippen LogP contribution is -2.36. The monoisotopic (exact) mass is 248 g/mol. The van der Waals surface area contributed by atoms with Gasteiger partial charge in [-0.2, -0.15) is 5.26 Å². The minimum Gasteiger partial charge on any atom is -0.348 e. The van der Waals surface area contributed by atoms with E-state index < -0.39 is 0 Å². The van der Waals surface area contributed by atoms with Crippen molar-refractivity contribution in [3.8, 4) is 6.07 Å². The number of nitrogens with zero attached hydrogens (tertiary/aromatic N) is 1. The van der Waals surface area contributed by atoms with Crippen molar-refractivity contribution < 1.29 is 4.79 Å². The summed E-state index contributed by atoms with van der Waals surface area (Å²) >= 11 is 5.76. The highest BCUT2D eigenvalue weighted by Crippen LogP contribution is 2.25. The topological polar surface area (TPSA) is 52.9 Å². The van der Waals surface area contributed by atoms with Crippen LogP contribution < -0.4 is 5.32 Å². The molecule has 1 amide bonds. The Kier molecular flexibility index (Phi) is 3.65. The molecule has 3 nitrogen and oxygen atoms in total. The summed E-state index contributed by atoms with van der Waals surface area (Å²) in [7, 11) is 0. The highest BCUT2D eigenvalue weighted by atomic mass is 35.5. The molecular formula is C13H13ClN2O. The van der Waals surface area contributed by atoms with Gasteiger partial charge >= 0.3 is 0 Å². The Morgan fingerprint density at radius 2 is 2.06 bits per heavy atom. The molecule has 0 bridgehead atoms. The SMILES string of the molecule is N#CC1CCCC1NC(=O)c1ccc(Cl)cc1. The lowest BCUT2D eigenvalue weighted by atomic mass is 10.1. The van der Waals surface area contributed by atoms with Gasteiger partial charge in [-0.05, 0) is 43.5 Å². The number of rotatable bonds is 2. The first-order valence-electron chi connectivity index (χ1n) is 5.67. The molecule has 1 aromatic carbocycles. The van der Waals surface area contributed by atoms with Gasteiger partial charge in [0.1, 0.15) is 0 Å². The van der Waals surface area contributed by atoms with Crippen molar-refractivity contribution in [2.45, 2.75) is 25.3 Å². The van der Waals surface area contributed by atoms with Crippen LogP contribution in [0.3, 0.4) is 0 Å². The van der Waals surface area contributed by atoms with E-state index in [-0.39, 0.29) is 17.9 Å². The molecule has 0 heterocycles. The largest absolute Gasteiger partial charge is 0.348 e. The van der Waals surface area contributed by atoms with Crippen LogP contribution in [-0.4, -0.2) is 11.9 Å². The Labute approximate surface area is 105 Å². The van der Waals surface area contributed by atoms with Crippen LogP contribution in [0, 0.1) is 17.2 Å². The van der Waals surface area contributed by atoms with Gasteiger partial charge in [-0.15, -0.1) is 0 Å². The summed E-state index contributed by atoms with van der Waals surface area (Å²) in [4.78, 5) is 11.9. The zero-order chi connectivity index (χ0) is 12.3. The van der Waals surface area contributed by atoms with E-state index in [4.69, 9.17) is 16.9 Å². The Hall–Kier alpha value is -1.53. The molecule has 1 aliphatic carbocycles. The lowest BCUT2D eigenvalue weighted by molar-refractivity contribution is 0.0933. The zero-order valence-corrected chi connectivity index (χ0v) is 10.1. The van der Waals surface area contributed by atoms with E-state index in [0.29, 0.717) is 10.6 Å². The summed E-state index contributed by atoms with van der Waals surface area (Å²) in [6.45, 7) is 0. The molecule has 0 saturated heterocycles. The molecule has 4 heteroatoms. The first-order valence-corrected chi connectivity index (χ1v) is 6.04. The van der Waals surface area contributed by atoms with Crippen LogP contribution in [0.1, 0.15) is 29.6 Å². The fourth-order valence-electron chi connectivity index (χ4n) is 2.14. The quantitative estimate of drug-likeness (QED) is 0.875. The van der Waals surface area contributed by atoms with Crippen molar-refractivity contribution in [2.24, 2.45) is 5.92 Å². The van der Waals surface area contributed by atoms with E-state index in [1.807, 2.05) is 0 Å². The number of amides is 1. The molecule has 2 atom stereocenters. The van der Waals surface area contributed by atoms with Crippen LogP contribution >= 0.6 is 11.6 Å². The smallest absolute Gasteiger partial charge is 0.251 e. The molecule has 1 saturated carbocycles. The predicted molar refractivity (Wildman–Crippen MR) is 65.7 cm³/mol. The van der Waals surface area contributed by atoms with Crippen molar-refractivity contribution in [1.82, 2.24) is 5.32 Å². The number of hydrogen-bond acceptors (Lipinski definition) is 2. The van der Waals surface area contributed by atoms with Gasteiger partial charge in [0.15, 0.2) is 0 Å². The predicted octanol–water partition coefficient (Wildman–Crippen LogP) is 2.76. The lowest BCUT2D eigenvalue weighted by Gasteiger charge is -2.15. The average Bonchev–Trinajstić information content (AvgIpc) is 2.77. The summed E-state index contributed by atoms with van der Waals surface area (Å²) in [5.41, 5.74) is 0.581. The number of nitrogens with one attached hydrogen (secondary N) is 1. The maximum atomic E-state index is 11.9. The van der Waals surface area contributed by atoms with Crippen LogP contribution in [0.25, 0.3) is 0 Å². The molecule has 1 aromatic rings. The Bertz CT molecular complexity index is 449. The highest BCUT2D eigenvalue weighted by Gasteiger charge is 2.28. The number of carbonyl (C=O) groups excluding carboxylic acids is 1. The first-order chi connectivity index (χ1) is 8.20. The standard InChI is InChI=1S/C13H13ClN2O/c14-11-6-4-9(5-7-11)13(17)16-12-3-1-2-10(12)8-15/h4-7,10,12H,1-3H2,(H,16,17). The van der Waals surface area contributed by atoms with E-state index in [2.05, 4.69) is 11.4 Å². The van der Waals surface area contributed by atoms with Crippen molar-refractivity contribution in [3.63, 3.8) is 0 Å². The molecule has 0 radical (unpaired) electrons. The van der Waals surface area contributed by atoms with Crippen molar-refractivity contribution in [2.75, 3.05) is 0 Å².